The number of fused-ring (bicyclic) bond motifs is 2. The number of amides is 1. The van der Waals surface area contributed by atoms with Gasteiger partial charge in [0.1, 0.15) is 12.4 Å². The van der Waals surface area contributed by atoms with Gasteiger partial charge in [-0.3, -0.25) is 0 Å². The molecule has 2 aromatic rings. The highest BCUT2D eigenvalue weighted by molar-refractivity contribution is 5.79. The van der Waals surface area contributed by atoms with Gasteiger partial charge in [0.15, 0.2) is 0 Å². The van der Waals surface area contributed by atoms with Crippen LogP contribution in [-0.4, -0.2) is 30.9 Å². The van der Waals surface area contributed by atoms with E-state index in [1.807, 2.05) is 18.2 Å². The van der Waals surface area contributed by atoms with E-state index in [4.69, 9.17) is 9.84 Å². The van der Waals surface area contributed by atoms with Crippen molar-refractivity contribution in [2.75, 3.05) is 24.6 Å². The number of carbonyl (C=O) groups is 1. The van der Waals surface area contributed by atoms with Crippen molar-refractivity contribution in [3.05, 3.63) is 59.7 Å². The number of hydrogen-bond donors (Lipinski definition) is 2. The number of carboxylic acid groups (broad SMARTS) is 1. The number of hydrogen-bond acceptors (Lipinski definition) is 3. The molecule has 2 aliphatic heterocycles. The van der Waals surface area contributed by atoms with Crippen molar-refractivity contribution in [2.24, 2.45) is 0 Å². The van der Waals surface area contributed by atoms with Gasteiger partial charge in [-0.2, -0.15) is 0 Å². The van der Waals surface area contributed by atoms with E-state index in [1.165, 1.54) is 11.3 Å². The van der Waals surface area contributed by atoms with Crippen molar-refractivity contribution in [1.82, 2.24) is 5.32 Å². The molecule has 1 amide bonds. The highest BCUT2D eigenvalue weighted by atomic mass is 16.5. The molecule has 0 radical (unpaired) electrons. The molecular weight excluding hydrogens is 304 g/mol. The molecule has 0 bridgehead atoms. The summed E-state index contributed by atoms with van der Waals surface area (Å²) >= 11 is 0. The Morgan fingerprint density at radius 1 is 1.25 bits per heavy atom. The molecule has 2 heterocycles. The molecule has 0 aromatic heterocycles. The van der Waals surface area contributed by atoms with E-state index in [9.17, 15) is 4.79 Å². The van der Waals surface area contributed by atoms with E-state index < -0.39 is 6.09 Å². The highest BCUT2D eigenvalue weighted by Gasteiger charge is 2.22. The van der Waals surface area contributed by atoms with Gasteiger partial charge in [-0.15, -0.1) is 0 Å². The van der Waals surface area contributed by atoms with Gasteiger partial charge in [-0.1, -0.05) is 18.2 Å². The number of nitrogens with one attached hydrogen (secondary N) is 1. The van der Waals surface area contributed by atoms with Crippen LogP contribution < -0.4 is 15.0 Å². The van der Waals surface area contributed by atoms with Crippen molar-refractivity contribution in [2.45, 2.75) is 6.42 Å². The van der Waals surface area contributed by atoms with E-state index in [-0.39, 0.29) is 6.54 Å². The van der Waals surface area contributed by atoms with E-state index in [1.54, 1.807) is 0 Å². The molecule has 0 aliphatic carbocycles. The second-order valence-electron chi connectivity index (χ2n) is 5.91. The fourth-order valence-corrected chi connectivity index (χ4v) is 3.35. The summed E-state index contributed by atoms with van der Waals surface area (Å²) in [6, 6.07) is 14.6. The smallest absolute Gasteiger partial charge is 0.404 e. The fourth-order valence-electron chi connectivity index (χ4n) is 3.35. The molecule has 0 atom stereocenters. The number of para-hydroxylation sites is 1. The Kier molecular flexibility index (Phi) is 3.61. The minimum absolute atomic E-state index is 0.289. The summed E-state index contributed by atoms with van der Waals surface area (Å²) < 4.78 is 5.77. The number of rotatable bonds is 3. The zero-order valence-corrected chi connectivity index (χ0v) is 13.2. The maximum absolute atomic E-state index is 10.7. The van der Waals surface area contributed by atoms with Crippen LogP contribution in [0.4, 0.5) is 16.2 Å². The van der Waals surface area contributed by atoms with Crippen molar-refractivity contribution < 1.29 is 14.6 Å². The normalized spacial score (nSPS) is 15.2. The van der Waals surface area contributed by atoms with Crippen molar-refractivity contribution in [1.29, 1.82) is 0 Å². The van der Waals surface area contributed by atoms with Gasteiger partial charge in [0, 0.05) is 36.1 Å². The van der Waals surface area contributed by atoms with Crippen LogP contribution in [0.5, 0.6) is 5.75 Å². The Balaban J connectivity index is 1.63. The predicted molar refractivity (Wildman–Crippen MR) is 93.1 cm³/mol. The Labute approximate surface area is 140 Å². The lowest BCUT2D eigenvalue weighted by Gasteiger charge is -2.24. The molecule has 0 saturated carbocycles. The first-order valence-corrected chi connectivity index (χ1v) is 8.01. The minimum atomic E-state index is -1.02. The van der Waals surface area contributed by atoms with Crippen LogP contribution in [-0.2, 0) is 6.42 Å². The van der Waals surface area contributed by atoms with E-state index >= 15 is 0 Å². The van der Waals surface area contributed by atoms with Crippen LogP contribution in [0.15, 0.2) is 48.5 Å². The summed E-state index contributed by atoms with van der Waals surface area (Å²) in [7, 11) is 0. The third-order valence-electron chi connectivity index (χ3n) is 4.51. The summed E-state index contributed by atoms with van der Waals surface area (Å²) in [5.41, 5.74) is 5.61. The van der Waals surface area contributed by atoms with Gasteiger partial charge in [0.2, 0.25) is 0 Å². The van der Waals surface area contributed by atoms with E-state index in [0.29, 0.717) is 6.61 Å². The molecular formula is C19H18N2O3. The standard InChI is InChI=1S/C19H18N2O3/c22-19(23)20-12-14-8-10-24-18-11-15(5-6-16(14)18)21-9-7-13-3-1-2-4-17(13)21/h1-6,8,11,20H,7,9-10,12H2,(H,22,23). The van der Waals surface area contributed by atoms with Crippen molar-refractivity contribution >= 4 is 23.0 Å². The van der Waals surface area contributed by atoms with Crippen molar-refractivity contribution in [3.63, 3.8) is 0 Å². The van der Waals surface area contributed by atoms with Gasteiger partial charge in [0.25, 0.3) is 0 Å². The maximum Gasteiger partial charge on any atom is 0.404 e. The molecule has 122 valence electrons. The Bertz CT molecular complexity index is 829. The molecule has 2 aromatic carbocycles. The Hall–Kier alpha value is -2.95. The zero-order valence-electron chi connectivity index (χ0n) is 13.2. The van der Waals surface area contributed by atoms with Gasteiger partial charge in [0.05, 0.1) is 0 Å². The van der Waals surface area contributed by atoms with Gasteiger partial charge in [-0.05, 0) is 41.8 Å². The lowest BCUT2D eigenvalue weighted by molar-refractivity contribution is 0.196. The zero-order chi connectivity index (χ0) is 16.5. The minimum Gasteiger partial charge on any atom is -0.489 e. The van der Waals surface area contributed by atoms with Crippen LogP contribution >= 0.6 is 0 Å². The largest absolute Gasteiger partial charge is 0.489 e. The summed E-state index contributed by atoms with van der Waals surface area (Å²) in [4.78, 5) is 13.0. The van der Waals surface area contributed by atoms with Gasteiger partial charge in [-0.25, -0.2) is 4.79 Å². The molecule has 0 fully saturated rings. The SMILES string of the molecule is O=C(O)NCC1=CCOc2cc(N3CCc4ccccc43)ccc21. The average molecular weight is 322 g/mol. The molecule has 5 nitrogen and oxygen atoms in total. The van der Waals surface area contributed by atoms with E-state index in [0.717, 1.165) is 35.5 Å². The van der Waals surface area contributed by atoms with Crippen molar-refractivity contribution in [3.8, 4) is 5.75 Å². The topological polar surface area (TPSA) is 61.8 Å². The lowest BCUT2D eigenvalue weighted by Crippen LogP contribution is -2.24. The summed E-state index contributed by atoms with van der Waals surface area (Å²) in [5, 5.41) is 11.2. The highest BCUT2D eigenvalue weighted by Crippen LogP contribution is 2.38. The molecule has 2 N–H and O–H groups in total. The molecule has 0 unspecified atom stereocenters. The third-order valence-corrected chi connectivity index (χ3v) is 4.51. The Morgan fingerprint density at radius 3 is 3.00 bits per heavy atom. The third kappa shape index (κ3) is 2.58. The summed E-state index contributed by atoms with van der Waals surface area (Å²) in [5.74, 6) is 0.807. The molecule has 0 spiro atoms. The first-order chi connectivity index (χ1) is 11.7. The second-order valence-corrected chi connectivity index (χ2v) is 5.91. The first kappa shape index (κ1) is 14.6. The van der Waals surface area contributed by atoms with Gasteiger partial charge < -0.3 is 20.1 Å². The molecule has 0 saturated heterocycles. The molecule has 24 heavy (non-hydrogen) atoms. The van der Waals surface area contributed by atoms with Crippen LogP contribution in [0.1, 0.15) is 11.1 Å². The van der Waals surface area contributed by atoms with E-state index in [2.05, 4.69) is 40.5 Å². The van der Waals surface area contributed by atoms with Gasteiger partial charge >= 0.3 is 6.09 Å². The van der Waals surface area contributed by atoms with Crippen LogP contribution in [0, 0.1) is 0 Å². The lowest BCUT2D eigenvalue weighted by atomic mass is 10.0. The maximum atomic E-state index is 10.7. The quantitative estimate of drug-likeness (QED) is 0.909. The molecule has 2 aliphatic rings. The van der Waals surface area contributed by atoms with Crippen LogP contribution in [0.25, 0.3) is 5.57 Å². The number of anilines is 2. The number of ether oxygens (including phenoxy) is 1. The number of nitrogens with zero attached hydrogens (tertiary/aromatic N) is 1. The summed E-state index contributed by atoms with van der Waals surface area (Å²) in [6.45, 7) is 1.71. The van der Waals surface area contributed by atoms with Crippen LogP contribution in [0.3, 0.4) is 0 Å². The number of benzene rings is 2. The molecule has 5 heteroatoms. The fraction of sp³-hybridized carbons (Fsp3) is 0.211. The average Bonchev–Trinajstić information content (AvgIpc) is 3.03. The molecule has 4 rings (SSSR count). The monoisotopic (exact) mass is 322 g/mol. The van der Waals surface area contributed by atoms with Crippen LogP contribution in [0.2, 0.25) is 0 Å². The first-order valence-electron chi connectivity index (χ1n) is 8.01. The summed E-state index contributed by atoms with van der Waals surface area (Å²) in [6.07, 6.45) is 1.94. The second kappa shape index (κ2) is 5.92. The predicted octanol–water partition coefficient (Wildman–Crippen LogP) is 3.42. The Morgan fingerprint density at radius 2 is 2.12 bits per heavy atom.